The largest absolute Gasteiger partial charge is 0.350 e. The average Bonchev–Trinajstić information content (AvgIpc) is 2.62. The van der Waals surface area contributed by atoms with Crippen LogP contribution in [0.4, 0.5) is 0 Å². The second kappa shape index (κ2) is 4.12. The third kappa shape index (κ3) is 1.68. The first kappa shape index (κ1) is 11.3. The molecule has 1 amide bonds. The molecule has 4 nitrogen and oxygen atoms in total. The molecule has 3 rings (SSSR count). The third-order valence-electron chi connectivity index (χ3n) is 3.66. The molecule has 1 N–H and O–H groups in total. The molecule has 2 aromatic rings. The lowest BCUT2D eigenvalue weighted by atomic mass is 9.97. The van der Waals surface area contributed by atoms with Gasteiger partial charge in [-0.2, -0.15) is 0 Å². The molecular weight excluding hydrogens is 226 g/mol. The maximum atomic E-state index is 11.7. The molecule has 0 saturated heterocycles. The standard InChI is InChI=1S/C14H17N3O/c1-3-10-7-13(18)15-8-11-14(10)17-5-4-9(2)6-12(17)16-11/h4-6,10H,3,7-8H2,1-2H3,(H,15,18)/t10-/m1/s1. The van der Waals surface area contributed by atoms with Gasteiger partial charge in [-0.3, -0.25) is 4.79 Å². The second-order valence-corrected chi connectivity index (χ2v) is 4.96. The monoisotopic (exact) mass is 243 g/mol. The molecule has 2 aromatic heterocycles. The maximum absolute atomic E-state index is 11.7. The van der Waals surface area contributed by atoms with Crippen LogP contribution in [0.5, 0.6) is 0 Å². The van der Waals surface area contributed by atoms with Crippen molar-refractivity contribution in [2.75, 3.05) is 0 Å². The van der Waals surface area contributed by atoms with E-state index in [9.17, 15) is 4.79 Å². The summed E-state index contributed by atoms with van der Waals surface area (Å²) in [5, 5.41) is 2.93. The number of fused-ring (bicyclic) bond motifs is 3. The van der Waals surface area contributed by atoms with Gasteiger partial charge in [0.1, 0.15) is 5.65 Å². The van der Waals surface area contributed by atoms with Crippen molar-refractivity contribution in [1.29, 1.82) is 0 Å². The van der Waals surface area contributed by atoms with Gasteiger partial charge < -0.3 is 9.72 Å². The minimum Gasteiger partial charge on any atom is -0.350 e. The van der Waals surface area contributed by atoms with Crippen LogP contribution in [0.15, 0.2) is 18.3 Å². The molecule has 0 bridgehead atoms. The zero-order valence-corrected chi connectivity index (χ0v) is 10.7. The highest BCUT2D eigenvalue weighted by atomic mass is 16.1. The van der Waals surface area contributed by atoms with Crippen LogP contribution in [-0.4, -0.2) is 15.3 Å². The van der Waals surface area contributed by atoms with Crippen LogP contribution in [0.1, 0.15) is 42.6 Å². The molecule has 0 spiro atoms. The Labute approximate surface area is 106 Å². The van der Waals surface area contributed by atoms with E-state index in [1.807, 2.05) is 0 Å². The number of pyridine rings is 1. The topological polar surface area (TPSA) is 46.4 Å². The zero-order valence-electron chi connectivity index (χ0n) is 10.7. The molecule has 3 heterocycles. The normalized spacial score (nSPS) is 19.4. The summed E-state index contributed by atoms with van der Waals surface area (Å²) in [4.78, 5) is 16.3. The summed E-state index contributed by atoms with van der Waals surface area (Å²) in [6, 6.07) is 4.17. The Hall–Kier alpha value is -1.84. The summed E-state index contributed by atoms with van der Waals surface area (Å²) in [5.74, 6) is 0.390. The van der Waals surface area contributed by atoms with Crippen molar-refractivity contribution in [2.24, 2.45) is 0 Å². The minimum atomic E-state index is 0.126. The number of hydrogen-bond acceptors (Lipinski definition) is 2. The van der Waals surface area contributed by atoms with Gasteiger partial charge in [-0.1, -0.05) is 6.92 Å². The fourth-order valence-corrected chi connectivity index (χ4v) is 2.69. The Bertz CT molecular complexity index is 615. The molecule has 4 heteroatoms. The lowest BCUT2D eigenvalue weighted by Crippen LogP contribution is -2.21. The Balaban J connectivity index is 2.22. The van der Waals surface area contributed by atoms with Crippen LogP contribution in [0.2, 0.25) is 0 Å². The first-order valence-electron chi connectivity index (χ1n) is 6.43. The van der Waals surface area contributed by atoms with Gasteiger partial charge in [0.2, 0.25) is 5.91 Å². The van der Waals surface area contributed by atoms with E-state index in [1.54, 1.807) is 0 Å². The molecule has 18 heavy (non-hydrogen) atoms. The summed E-state index contributed by atoms with van der Waals surface area (Å²) in [6.45, 7) is 4.74. The van der Waals surface area contributed by atoms with E-state index in [1.165, 1.54) is 11.3 Å². The highest BCUT2D eigenvalue weighted by molar-refractivity contribution is 5.77. The van der Waals surface area contributed by atoms with Gasteiger partial charge in [0, 0.05) is 18.5 Å². The third-order valence-corrected chi connectivity index (χ3v) is 3.66. The van der Waals surface area contributed by atoms with E-state index in [-0.39, 0.29) is 11.8 Å². The van der Waals surface area contributed by atoms with Gasteiger partial charge in [0.05, 0.1) is 17.9 Å². The Morgan fingerprint density at radius 2 is 2.39 bits per heavy atom. The summed E-state index contributed by atoms with van der Waals surface area (Å²) in [5.41, 5.74) is 4.40. The number of aryl methyl sites for hydroxylation is 1. The lowest BCUT2D eigenvalue weighted by molar-refractivity contribution is -0.121. The summed E-state index contributed by atoms with van der Waals surface area (Å²) >= 11 is 0. The van der Waals surface area contributed by atoms with Crippen molar-refractivity contribution in [3.05, 3.63) is 35.3 Å². The van der Waals surface area contributed by atoms with E-state index >= 15 is 0 Å². The average molecular weight is 243 g/mol. The number of aromatic nitrogens is 2. The minimum absolute atomic E-state index is 0.126. The predicted octanol–water partition coefficient (Wildman–Crippen LogP) is 2.16. The van der Waals surface area contributed by atoms with Crippen molar-refractivity contribution in [3.63, 3.8) is 0 Å². The van der Waals surface area contributed by atoms with Crippen LogP contribution in [0, 0.1) is 6.92 Å². The van der Waals surface area contributed by atoms with Gasteiger partial charge in [-0.15, -0.1) is 0 Å². The molecule has 0 radical (unpaired) electrons. The van der Waals surface area contributed by atoms with Gasteiger partial charge in [0.25, 0.3) is 0 Å². The summed E-state index contributed by atoms with van der Waals surface area (Å²) in [7, 11) is 0. The van der Waals surface area contributed by atoms with E-state index in [0.29, 0.717) is 13.0 Å². The van der Waals surface area contributed by atoms with Crippen molar-refractivity contribution in [1.82, 2.24) is 14.7 Å². The Kier molecular flexibility index (Phi) is 2.58. The van der Waals surface area contributed by atoms with Crippen molar-refractivity contribution < 1.29 is 4.79 Å². The molecule has 0 aliphatic carbocycles. The van der Waals surface area contributed by atoms with Crippen LogP contribution >= 0.6 is 0 Å². The number of imidazole rings is 1. The summed E-state index contributed by atoms with van der Waals surface area (Å²) < 4.78 is 2.14. The van der Waals surface area contributed by atoms with Crippen LogP contribution < -0.4 is 5.32 Å². The highest BCUT2D eigenvalue weighted by Crippen LogP contribution is 2.29. The summed E-state index contributed by atoms with van der Waals surface area (Å²) in [6.07, 6.45) is 3.59. The number of hydrogen-bond donors (Lipinski definition) is 1. The molecule has 94 valence electrons. The molecule has 1 atom stereocenters. The van der Waals surface area contributed by atoms with Crippen LogP contribution in [0.25, 0.3) is 5.65 Å². The van der Waals surface area contributed by atoms with Crippen LogP contribution in [-0.2, 0) is 11.3 Å². The van der Waals surface area contributed by atoms with Gasteiger partial charge in [-0.05, 0) is 31.0 Å². The molecule has 0 saturated carbocycles. The Morgan fingerprint density at radius 3 is 3.17 bits per heavy atom. The van der Waals surface area contributed by atoms with Crippen molar-refractivity contribution >= 4 is 11.6 Å². The smallest absolute Gasteiger partial charge is 0.220 e. The quantitative estimate of drug-likeness (QED) is 0.834. The van der Waals surface area contributed by atoms with Gasteiger partial charge in [0.15, 0.2) is 0 Å². The fourth-order valence-electron chi connectivity index (χ4n) is 2.69. The molecule has 0 unspecified atom stereocenters. The number of rotatable bonds is 1. The second-order valence-electron chi connectivity index (χ2n) is 4.96. The van der Waals surface area contributed by atoms with Gasteiger partial charge >= 0.3 is 0 Å². The van der Waals surface area contributed by atoms with E-state index < -0.39 is 0 Å². The molecule has 1 aliphatic rings. The van der Waals surface area contributed by atoms with Crippen molar-refractivity contribution in [3.8, 4) is 0 Å². The Morgan fingerprint density at radius 1 is 1.56 bits per heavy atom. The SMILES string of the molecule is CC[C@@H]1CC(=O)NCc2nc3cc(C)ccn3c21. The van der Waals surface area contributed by atoms with Crippen LogP contribution in [0.3, 0.4) is 0 Å². The van der Waals surface area contributed by atoms with Crippen molar-refractivity contribution in [2.45, 2.75) is 39.2 Å². The maximum Gasteiger partial charge on any atom is 0.220 e. The first-order valence-corrected chi connectivity index (χ1v) is 6.43. The van der Waals surface area contributed by atoms with Gasteiger partial charge in [-0.25, -0.2) is 4.98 Å². The molecular formula is C14H17N3O. The lowest BCUT2D eigenvalue weighted by Gasteiger charge is -2.12. The molecule has 1 aliphatic heterocycles. The molecule has 0 aromatic carbocycles. The highest BCUT2D eigenvalue weighted by Gasteiger charge is 2.25. The number of nitrogens with zero attached hydrogens (tertiary/aromatic N) is 2. The molecule has 0 fully saturated rings. The fraction of sp³-hybridized carbons (Fsp3) is 0.429. The number of nitrogens with one attached hydrogen (secondary N) is 1. The predicted molar refractivity (Wildman–Crippen MR) is 69.4 cm³/mol. The zero-order chi connectivity index (χ0) is 12.7. The number of carbonyl (C=O) groups excluding carboxylic acids is 1. The number of carbonyl (C=O) groups is 1. The van der Waals surface area contributed by atoms with E-state index in [0.717, 1.165) is 17.8 Å². The first-order chi connectivity index (χ1) is 8.69. The number of amides is 1. The van der Waals surface area contributed by atoms with E-state index in [2.05, 4.69) is 46.9 Å². The van der Waals surface area contributed by atoms with E-state index in [4.69, 9.17) is 0 Å².